The lowest BCUT2D eigenvalue weighted by molar-refractivity contribution is 0.222. The topological polar surface area (TPSA) is 51.5 Å². The summed E-state index contributed by atoms with van der Waals surface area (Å²) in [5.41, 5.74) is 3.34. The van der Waals surface area contributed by atoms with E-state index in [1.165, 1.54) is 37.9 Å². The molecule has 4 rings (SSSR count). The molecule has 0 bridgehead atoms. The smallest absolute Gasteiger partial charge is 0.204 e. The van der Waals surface area contributed by atoms with Crippen LogP contribution in [-0.4, -0.2) is 47.8 Å². The maximum atomic E-state index is 5.63. The van der Waals surface area contributed by atoms with Gasteiger partial charge in [0.1, 0.15) is 0 Å². The molecule has 1 aliphatic rings. The van der Waals surface area contributed by atoms with Crippen molar-refractivity contribution in [2.75, 3.05) is 38.7 Å². The van der Waals surface area contributed by atoms with Crippen LogP contribution >= 0.6 is 0 Å². The molecule has 2 heterocycles. The van der Waals surface area contributed by atoms with Gasteiger partial charge in [-0.15, -0.1) is 0 Å². The predicted octanol–water partition coefficient (Wildman–Crippen LogP) is 4.54. The van der Waals surface area contributed by atoms with Crippen LogP contribution in [0.3, 0.4) is 0 Å². The van der Waals surface area contributed by atoms with E-state index in [0.29, 0.717) is 13.2 Å². The Morgan fingerprint density at radius 2 is 1.83 bits per heavy atom. The summed E-state index contributed by atoms with van der Waals surface area (Å²) in [5, 5.41) is 3.55. The van der Waals surface area contributed by atoms with Gasteiger partial charge in [-0.2, -0.15) is 0 Å². The molecule has 1 aromatic heterocycles. The Hall–Kier alpha value is -2.73. The SMILES string of the molecule is CCOc1ccc(CNc2nc3ccccc3n2CCN2CCCCC2)cc1OC. The number of fused-ring (bicyclic) bond motifs is 1. The molecule has 3 aromatic rings. The molecular weight excluding hydrogens is 376 g/mol. The zero-order chi connectivity index (χ0) is 20.8. The van der Waals surface area contributed by atoms with E-state index in [-0.39, 0.29) is 0 Å². The second kappa shape index (κ2) is 9.85. The predicted molar refractivity (Wildman–Crippen MR) is 122 cm³/mol. The zero-order valence-electron chi connectivity index (χ0n) is 18.1. The Labute approximate surface area is 178 Å². The number of rotatable bonds is 9. The van der Waals surface area contributed by atoms with Crippen LogP contribution in [0.5, 0.6) is 11.5 Å². The molecule has 0 amide bonds. The fourth-order valence-electron chi connectivity index (χ4n) is 4.14. The molecule has 2 aromatic carbocycles. The summed E-state index contributed by atoms with van der Waals surface area (Å²) in [6.07, 6.45) is 3.99. The van der Waals surface area contributed by atoms with Crippen LogP contribution in [0.4, 0.5) is 5.95 Å². The van der Waals surface area contributed by atoms with E-state index in [1.807, 2.05) is 25.1 Å². The fourth-order valence-corrected chi connectivity index (χ4v) is 4.14. The third-order valence-corrected chi connectivity index (χ3v) is 5.72. The minimum Gasteiger partial charge on any atom is -0.493 e. The van der Waals surface area contributed by atoms with Crippen molar-refractivity contribution in [3.63, 3.8) is 0 Å². The van der Waals surface area contributed by atoms with Gasteiger partial charge in [0.05, 0.1) is 24.8 Å². The molecule has 0 saturated carbocycles. The summed E-state index contributed by atoms with van der Waals surface area (Å²) < 4.78 is 13.4. The van der Waals surface area contributed by atoms with Gasteiger partial charge in [0.2, 0.25) is 5.95 Å². The number of aromatic nitrogens is 2. The maximum absolute atomic E-state index is 5.63. The molecule has 160 valence electrons. The van der Waals surface area contributed by atoms with E-state index in [4.69, 9.17) is 14.5 Å². The van der Waals surface area contributed by atoms with Gasteiger partial charge in [-0.3, -0.25) is 0 Å². The third-order valence-electron chi connectivity index (χ3n) is 5.72. The van der Waals surface area contributed by atoms with Crippen LogP contribution in [0.1, 0.15) is 31.7 Å². The largest absolute Gasteiger partial charge is 0.493 e. The number of nitrogens with one attached hydrogen (secondary N) is 1. The molecule has 1 aliphatic heterocycles. The lowest BCUT2D eigenvalue weighted by Crippen LogP contribution is -2.32. The van der Waals surface area contributed by atoms with E-state index in [1.54, 1.807) is 7.11 Å². The Bertz CT molecular complexity index is 963. The quantitative estimate of drug-likeness (QED) is 0.563. The highest BCUT2D eigenvalue weighted by Crippen LogP contribution is 2.28. The fraction of sp³-hybridized carbons (Fsp3) is 0.458. The first-order valence-corrected chi connectivity index (χ1v) is 11.0. The number of anilines is 1. The molecule has 6 nitrogen and oxygen atoms in total. The number of hydrogen-bond acceptors (Lipinski definition) is 5. The lowest BCUT2D eigenvalue weighted by Gasteiger charge is -2.26. The first-order chi connectivity index (χ1) is 14.8. The molecule has 1 fully saturated rings. The van der Waals surface area contributed by atoms with Crippen LogP contribution in [-0.2, 0) is 13.1 Å². The Kier molecular flexibility index (Phi) is 6.74. The second-order valence-corrected chi connectivity index (χ2v) is 7.75. The highest BCUT2D eigenvalue weighted by Gasteiger charge is 2.14. The Balaban J connectivity index is 1.50. The van der Waals surface area contributed by atoms with Crippen LogP contribution in [0.15, 0.2) is 42.5 Å². The monoisotopic (exact) mass is 408 g/mol. The number of ether oxygens (including phenoxy) is 2. The number of likely N-dealkylation sites (tertiary alicyclic amines) is 1. The van der Waals surface area contributed by atoms with Crippen LogP contribution in [0, 0.1) is 0 Å². The molecule has 1 saturated heterocycles. The number of methoxy groups -OCH3 is 1. The van der Waals surface area contributed by atoms with Gasteiger partial charge in [-0.1, -0.05) is 24.6 Å². The number of benzene rings is 2. The average Bonchev–Trinajstić information content (AvgIpc) is 3.15. The van der Waals surface area contributed by atoms with Gasteiger partial charge in [-0.05, 0) is 62.7 Å². The van der Waals surface area contributed by atoms with Crippen molar-refractivity contribution in [1.29, 1.82) is 0 Å². The minimum atomic E-state index is 0.620. The second-order valence-electron chi connectivity index (χ2n) is 7.75. The molecular formula is C24H32N4O2. The highest BCUT2D eigenvalue weighted by molar-refractivity contribution is 5.78. The third kappa shape index (κ3) is 4.70. The molecule has 0 unspecified atom stereocenters. The standard InChI is InChI=1S/C24H32N4O2/c1-3-30-22-12-11-19(17-23(22)29-2)18-25-24-26-20-9-5-6-10-21(20)28(24)16-15-27-13-7-4-8-14-27/h5-6,9-12,17H,3-4,7-8,13-16,18H2,1-2H3,(H,25,26). The van der Waals surface area contributed by atoms with Gasteiger partial charge in [0, 0.05) is 19.6 Å². The number of nitrogens with zero attached hydrogens (tertiary/aromatic N) is 3. The molecule has 6 heteroatoms. The lowest BCUT2D eigenvalue weighted by atomic mass is 10.1. The molecule has 0 aliphatic carbocycles. The van der Waals surface area contributed by atoms with Crippen molar-refractivity contribution in [2.45, 2.75) is 39.3 Å². The van der Waals surface area contributed by atoms with Crippen LogP contribution in [0.2, 0.25) is 0 Å². The summed E-state index contributed by atoms with van der Waals surface area (Å²) in [6.45, 7) is 7.69. The summed E-state index contributed by atoms with van der Waals surface area (Å²) in [4.78, 5) is 7.43. The van der Waals surface area contributed by atoms with E-state index < -0.39 is 0 Å². The Morgan fingerprint density at radius 3 is 2.63 bits per heavy atom. The molecule has 30 heavy (non-hydrogen) atoms. The zero-order valence-corrected chi connectivity index (χ0v) is 18.1. The highest BCUT2D eigenvalue weighted by atomic mass is 16.5. The minimum absolute atomic E-state index is 0.620. The first-order valence-electron chi connectivity index (χ1n) is 11.0. The average molecular weight is 409 g/mol. The van der Waals surface area contributed by atoms with Crippen LogP contribution < -0.4 is 14.8 Å². The van der Waals surface area contributed by atoms with Gasteiger partial charge in [-0.25, -0.2) is 4.98 Å². The summed E-state index contributed by atoms with van der Waals surface area (Å²) in [6, 6.07) is 14.4. The molecule has 1 N–H and O–H groups in total. The van der Waals surface area contributed by atoms with Gasteiger partial charge in [0.15, 0.2) is 11.5 Å². The van der Waals surface area contributed by atoms with Crippen molar-refractivity contribution < 1.29 is 9.47 Å². The van der Waals surface area contributed by atoms with Crippen molar-refractivity contribution in [3.8, 4) is 11.5 Å². The first kappa shape index (κ1) is 20.5. The van der Waals surface area contributed by atoms with Crippen molar-refractivity contribution in [1.82, 2.24) is 14.5 Å². The van der Waals surface area contributed by atoms with Crippen LogP contribution in [0.25, 0.3) is 11.0 Å². The van der Waals surface area contributed by atoms with E-state index in [0.717, 1.165) is 41.6 Å². The van der Waals surface area contributed by atoms with E-state index in [2.05, 4.69) is 39.0 Å². The van der Waals surface area contributed by atoms with Crippen molar-refractivity contribution in [2.24, 2.45) is 0 Å². The normalized spacial score (nSPS) is 14.7. The summed E-state index contributed by atoms with van der Waals surface area (Å²) >= 11 is 0. The Morgan fingerprint density at radius 1 is 1.00 bits per heavy atom. The molecule has 0 atom stereocenters. The van der Waals surface area contributed by atoms with E-state index >= 15 is 0 Å². The number of hydrogen-bond donors (Lipinski definition) is 1. The van der Waals surface area contributed by atoms with Crippen molar-refractivity contribution in [3.05, 3.63) is 48.0 Å². The maximum Gasteiger partial charge on any atom is 0.204 e. The molecule has 0 spiro atoms. The molecule has 0 radical (unpaired) electrons. The van der Waals surface area contributed by atoms with E-state index in [9.17, 15) is 0 Å². The number of imidazole rings is 1. The number of piperidine rings is 1. The summed E-state index contributed by atoms with van der Waals surface area (Å²) in [5.74, 6) is 2.45. The summed E-state index contributed by atoms with van der Waals surface area (Å²) in [7, 11) is 1.68. The van der Waals surface area contributed by atoms with Gasteiger partial charge < -0.3 is 24.3 Å². The number of para-hydroxylation sites is 2. The van der Waals surface area contributed by atoms with Gasteiger partial charge >= 0.3 is 0 Å². The van der Waals surface area contributed by atoms with Gasteiger partial charge in [0.25, 0.3) is 0 Å². The van der Waals surface area contributed by atoms with Crippen molar-refractivity contribution >= 4 is 17.0 Å².